The zero-order valence-corrected chi connectivity index (χ0v) is 14.5. The molecule has 0 radical (unpaired) electrons. The van der Waals surface area contributed by atoms with Gasteiger partial charge in [0.2, 0.25) is 10.0 Å². The number of aliphatic hydroxyl groups excluding tert-OH is 1. The Bertz CT molecular complexity index is 897. The number of aryl methyl sites for hydroxylation is 1. The van der Waals surface area contributed by atoms with Gasteiger partial charge in [-0.1, -0.05) is 42.0 Å². The van der Waals surface area contributed by atoms with Crippen LogP contribution in [0.4, 0.5) is 0 Å². The second-order valence-corrected chi connectivity index (χ2v) is 7.13. The fraction of sp³-hybridized carbons (Fsp3) is 0.167. The van der Waals surface area contributed by atoms with Gasteiger partial charge in [-0.25, -0.2) is 18.4 Å². The molecule has 0 saturated carbocycles. The van der Waals surface area contributed by atoms with Crippen molar-refractivity contribution in [2.45, 2.75) is 18.2 Å². The molecule has 7 heteroatoms. The van der Waals surface area contributed by atoms with Crippen molar-refractivity contribution in [2.75, 3.05) is 6.61 Å². The molecule has 25 heavy (non-hydrogen) atoms. The quantitative estimate of drug-likeness (QED) is 0.679. The minimum Gasteiger partial charge on any atom is -0.478 e. The Morgan fingerprint density at radius 2 is 1.48 bits per heavy atom. The third kappa shape index (κ3) is 4.54. The van der Waals surface area contributed by atoms with Crippen LogP contribution in [0.5, 0.6) is 0 Å². The average molecular weight is 361 g/mol. The van der Waals surface area contributed by atoms with Crippen molar-refractivity contribution in [2.24, 2.45) is 5.14 Å². The molecule has 0 saturated heterocycles. The molecule has 0 amide bonds. The van der Waals surface area contributed by atoms with E-state index in [1.807, 2.05) is 19.1 Å². The van der Waals surface area contributed by atoms with E-state index < -0.39 is 16.0 Å². The Morgan fingerprint density at radius 1 is 1.00 bits per heavy atom. The van der Waals surface area contributed by atoms with E-state index in [1.54, 1.807) is 12.1 Å². The number of carboxylic acids is 1. The van der Waals surface area contributed by atoms with Crippen LogP contribution in [-0.4, -0.2) is 31.2 Å². The van der Waals surface area contributed by atoms with Crippen LogP contribution in [0, 0.1) is 6.92 Å². The van der Waals surface area contributed by atoms with Crippen LogP contribution in [0.25, 0.3) is 5.57 Å². The van der Waals surface area contributed by atoms with Crippen LogP contribution in [0.1, 0.15) is 23.1 Å². The molecule has 4 N–H and O–H groups in total. The van der Waals surface area contributed by atoms with Crippen molar-refractivity contribution < 1.29 is 23.4 Å². The van der Waals surface area contributed by atoms with Gasteiger partial charge < -0.3 is 10.2 Å². The first-order valence-corrected chi connectivity index (χ1v) is 9.06. The van der Waals surface area contributed by atoms with E-state index in [2.05, 4.69) is 0 Å². The van der Waals surface area contributed by atoms with Gasteiger partial charge in [0.05, 0.1) is 4.90 Å². The van der Waals surface area contributed by atoms with Crippen molar-refractivity contribution in [3.8, 4) is 0 Å². The van der Waals surface area contributed by atoms with Gasteiger partial charge in [-0.2, -0.15) is 0 Å². The van der Waals surface area contributed by atoms with Gasteiger partial charge in [-0.15, -0.1) is 0 Å². The average Bonchev–Trinajstić information content (AvgIpc) is 2.55. The SMILES string of the molecule is Cc1ccc(C(=C(CCO)C(=O)O)c2ccc(S(N)(=O)=O)cc2)cc1. The second kappa shape index (κ2) is 7.60. The molecular weight excluding hydrogens is 342 g/mol. The van der Waals surface area contributed by atoms with Crippen molar-refractivity contribution in [1.29, 1.82) is 0 Å². The summed E-state index contributed by atoms with van der Waals surface area (Å²) in [5, 5.41) is 23.9. The molecule has 0 bridgehead atoms. The van der Waals surface area contributed by atoms with E-state index in [9.17, 15) is 23.4 Å². The molecule has 0 unspecified atom stereocenters. The lowest BCUT2D eigenvalue weighted by atomic mass is 9.91. The molecule has 0 fully saturated rings. The van der Waals surface area contributed by atoms with E-state index in [4.69, 9.17) is 5.14 Å². The molecule has 6 nitrogen and oxygen atoms in total. The summed E-state index contributed by atoms with van der Waals surface area (Å²) in [5.74, 6) is -1.14. The summed E-state index contributed by atoms with van der Waals surface area (Å²) in [7, 11) is -3.83. The minimum absolute atomic E-state index is 0.0323. The number of carboxylic acid groups (broad SMARTS) is 1. The number of rotatable bonds is 6. The fourth-order valence-corrected chi connectivity index (χ4v) is 3.01. The van der Waals surface area contributed by atoms with Crippen molar-refractivity contribution >= 4 is 21.6 Å². The number of benzene rings is 2. The number of aliphatic hydroxyl groups is 1. The molecule has 0 aliphatic rings. The van der Waals surface area contributed by atoms with E-state index in [0.29, 0.717) is 16.7 Å². The van der Waals surface area contributed by atoms with Gasteiger partial charge in [0.1, 0.15) is 0 Å². The van der Waals surface area contributed by atoms with Crippen molar-refractivity contribution in [1.82, 2.24) is 0 Å². The van der Waals surface area contributed by atoms with Crippen molar-refractivity contribution in [3.05, 3.63) is 70.8 Å². The predicted molar refractivity (Wildman–Crippen MR) is 94.4 cm³/mol. The van der Waals surface area contributed by atoms with Crippen LogP contribution < -0.4 is 5.14 Å². The number of carbonyl (C=O) groups is 1. The first-order valence-electron chi connectivity index (χ1n) is 7.51. The lowest BCUT2D eigenvalue weighted by Gasteiger charge is -2.14. The molecule has 0 aliphatic heterocycles. The van der Waals surface area contributed by atoms with Gasteiger partial charge >= 0.3 is 5.97 Å². The summed E-state index contributed by atoms with van der Waals surface area (Å²) in [6.07, 6.45) is -0.0323. The Labute approximate surface area is 146 Å². The third-order valence-electron chi connectivity index (χ3n) is 3.73. The van der Waals surface area contributed by atoms with Gasteiger partial charge in [0.25, 0.3) is 0 Å². The summed E-state index contributed by atoms with van der Waals surface area (Å²) in [6, 6.07) is 13.0. The monoisotopic (exact) mass is 361 g/mol. The first-order chi connectivity index (χ1) is 11.7. The Morgan fingerprint density at radius 3 is 1.88 bits per heavy atom. The number of hydrogen-bond donors (Lipinski definition) is 3. The summed E-state index contributed by atoms with van der Waals surface area (Å²) < 4.78 is 22.8. The van der Waals surface area contributed by atoms with Gasteiger partial charge in [0.15, 0.2) is 0 Å². The van der Waals surface area contributed by atoms with Crippen LogP contribution >= 0.6 is 0 Å². The Kier molecular flexibility index (Phi) is 5.73. The molecule has 0 heterocycles. The minimum atomic E-state index is -3.83. The fourth-order valence-electron chi connectivity index (χ4n) is 2.50. The highest BCUT2D eigenvalue weighted by Gasteiger charge is 2.18. The summed E-state index contributed by atoms with van der Waals surface area (Å²) >= 11 is 0. The maximum Gasteiger partial charge on any atom is 0.332 e. The zero-order chi connectivity index (χ0) is 18.6. The molecule has 0 aromatic heterocycles. The Balaban J connectivity index is 2.68. The van der Waals surface area contributed by atoms with E-state index >= 15 is 0 Å². The highest BCUT2D eigenvalue weighted by atomic mass is 32.2. The maximum atomic E-state index is 11.7. The summed E-state index contributed by atoms with van der Waals surface area (Å²) in [6.45, 7) is 1.60. The molecule has 2 rings (SSSR count). The molecular formula is C18H19NO5S. The summed E-state index contributed by atoms with van der Waals surface area (Å²) in [5.41, 5.74) is 2.70. The maximum absolute atomic E-state index is 11.7. The molecule has 0 atom stereocenters. The number of primary sulfonamides is 1. The molecule has 132 valence electrons. The van der Waals surface area contributed by atoms with E-state index in [1.165, 1.54) is 24.3 Å². The normalized spacial score (nSPS) is 12.6. The smallest absolute Gasteiger partial charge is 0.332 e. The largest absolute Gasteiger partial charge is 0.478 e. The standard InChI is InChI=1S/C18H19NO5S/c1-12-2-4-13(5-3-12)17(16(10-11-20)18(21)22)14-6-8-15(9-7-14)25(19,23)24/h2-9,20H,10-11H2,1H3,(H,21,22)(H2,19,23,24). The number of hydrogen-bond acceptors (Lipinski definition) is 4. The summed E-state index contributed by atoms with van der Waals surface area (Å²) in [4.78, 5) is 11.6. The first kappa shape index (κ1) is 18.9. The van der Waals surface area contributed by atoms with E-state index in [-0.39, 0.29) is 23.5 Å². The van der Waals surface area contributed by atoms with E-state index in [0.717, 1.165) is 5.56 Å². The van der Waals surface area contributed by atoms with Crippen LogP contribution in [0.15, 0.2) is 59.0 Å². The number of nitrogens with two attached hydrogens (primary N) is 1. The topological polar surface area (TPSA) is 118 Å². The molecule has 2 aromatic rings. The van der Waals surface area contributed by atoms with Gasteiger partial charge in [-0.3, -0.25) is 0 Å². The zero-order valence-electron chi connectivity index (χ0n) is 13.6. The highest BCUT2D eigenvalue weighted by molar-refractivity contribution is 7.89. The molecule has 2 aromatic carbocycles. The van der Waals surface area contributed by atoms with Crippen LogP contribution in [-0.2, 0) is 14.8 Å². The lowest BCUT2D eigenvalue weighted by Crippen LogP contribution is -2.12. The Hall–Kier alpha value is -2.48. The van der Waals surface area contributed by atoms with Gasteiger partial charge in [0, 0.05) is 18.6 Å². The lowest BCUT2D eigenvalue weighted by molar-refractivity contribution is -0.132. The van der Waals surface area contributed by atoms with Crippen LogP contribution in [0.3, 0.4) is 0 Å². The molecule has 0 aliphatic carbocycles. The van der Waals surface area contributed by atoms with Crippen LogP contribution in [0.2, 0.25) is 0 Å². The van der Waals surface area contributed by atoms with Gasteiger partial charge in [-0.05, 0) is 35.8 Å². The highest BCUT2D eigenvalue weighted by Crippen LogP contribution is 2.29. The molecule has 0 spiro atoms. The number of aliphatic carboxylic acids is 1. The third-order valence-corrected chi connectivity index (χ3v) is 4.66. The second-order valence-electron chi connectivity index (χ2n) is 5.57. The van der Waals surface area contributed by atoms with Crippen molar-refractivity contribution in [3.63, 3.8) is 0 Å². The number of sulfonamides is 1. The predicted octanol–water partition coefficient (Wildman–Crippen LogP) is 1.91.